The molecule has 0 aliphatic heterocycles. The first kappa shape index (κ1) is 21.2. The van der Waals surface area contributed by atoms with Gasteiger partial charge in [-0.2, -0.15) is 0 Å². The van der Waals surface area contributed by atoms with Crippen LogP contribution in [0.25, 0.3) is 11.0 Å². The van der Waals surface area contributed by atoms with Gasteiger partial charge in [0.1, 0.15) is 0 Å². The zero-order valence-corrected chi connectivity index (χ0v) is 19.3. The third-order valence-electron chi connectivity index (χ3n) is 8.29. The van der Waals surface area contributed by atoms with Crippen LogP contribution in [0.2, 0.25) is 0 Å². The quantitative estimate of drug-likeness (QED) is 0.498. The van der Waals surface area contributed by atoms with Crippen LogP contribution in [-0.4, -0.2) is 28.5 Å². The number of aryl methyl sites for hydroxylation is 1. The van der Waals surface area contributed by atoms with Gasteiger partial charge in [0.25, 0.3) is 5.91 Å². The first-order chi connectivity index (χ1) is 16.3. The lowest BCUT2D eigenvalue weighted by atomic mass is 9.43. The minimum atomic E-state index is -0.487. The van der Waals surface area contributed by atoms with Crippen molar-refractivity contribution in [2.75, 3.05) is 11.9 Å². The SMILES string of the molecule is Cc1ccc(C23C[C@@H]4C[C@@H](CC(C(=O)OCC(=O)Nc5ccc6[nH]c(=O)[nH]c6c5)(C4)C2)C3)cc1. The summed E-state index contributed by atoms with van der Waals surface area (Å²) in [4.78, 5) is 42.7. The first-order valence-corrected chi connectivity index (χ1v) is 12.1. The van der Waals surface area contributed by atoms with Gasteiger partial charge in [-0.3, -0.25) is 9.59 Å². The topological polar surface area (TPSA) is 104 Å². The van der Waals surface area contributed by atoms with Gasteiger partial charge in [0.2, 0.25) is 0 Å². The molecule has 4 bridgehead atoms. The van der Waals surface area contributed by atoms with Crippen molar-refractivity contribution in [3.05, 3.63) is 64.1 Å². The van der Waals surface area contributed by atoms with Crippen LogP contribution in [0, 0.1) is 24.2 Å². The molecule has 7 nitrogen and oxygen atoms in total. The number of ether oxygens (including phenoxy) is 1. The van der Waals surface area contributed by atoms with E-state index >= 15 is 0 Å². The van der Waals surface area contributed by atoms with Gasteiger partial charge >= 0.3 is 11.7 Å². The Morgan fingerprint density at radius 1 is 1.00 bits per heavy atom. The van der Waals surface area contributed by atoms with Crippen molar-refractivity contribution in [2.24, 2.45) is 17.3 Å². The van der Waals surface area contributed by atoms with Crippen LogP contribution in [0.1, 0.15) is 49.7 Å². The Hall–Kier alpha value is -3.35. The molecule has 2 aromatic carbocycles. The zero-order chi connectivity index (χ0) is 23.5. The normalized spacial score (nSPS) is 29.3. The molecule has 4 saturated carbocycles. The Morgan fingerprint density at radius 2 is 1.71 bits per heavy atom. The molecule has 7 rings (SSSR count). The smallest absolute Gasteiger partial charge is 0.323 e. The number of hydrogen-bond acceptors (Lipinski definition) is 4. The minimum Gasteiger partial charge on any atom is -0.455 e. The number of esters is 1. The van der Waals surface area contributed by atoms with Crippen LogP contribution >= 0.6 is 0 Å². The summed E-state index contributed by atoms with van der Waals surface area (Å²) in [5.74, 6) is 0.473. The predicted octanol–water partition coefficient (Wildman–Crippen LogP) is 4.18. The number of aromatic nitrogens is 2. The average Bonchev–Trinajstić information content (AvgIpc) is 3.16. The standard InChI is InChI=1S/C27H29N3O4/c1-16-2-4-19(5-3-16)26-10-17-8-18(11-26)13-27(12-17,15-26)24(32)34-14-23(31)28-20-6-7-21-22(9-20)30-25(33)29-21/h2-7,9,17-18H,8,10-15H2,1H3,(H,28,31)(H2,29,30,33)/t17-,18+,26?,27?. The highest BCUT2D eigenvalue weighted by Gasteiger charge is 2.61. The van der Waals surface area contributed by atoms with Gasteiger partial charge in [0.15, 0.2) is 6.61 Å². The fourth-order valence-corrected chi connectivity index (χ4v) is 7.34. The van der Waals surface area contributed by atoms with Gasteiger partial charge in [0, 0.05) is 5.69 Å². The molecule has 3 aromatic rings. The van der Waals surface area contributed by atoms with Crippen LogP contribution in [0.3, 0.4) is 0 Å². The fourth-order valence-electron chi connectivity index (χ4n) is 7.34. The van der Waals surface area contributed by atoms with Crippen molar-refractivity contribution >= 4 is 28.6 Å². The van der Waals surface area contributed by atoms with Gasteiger partial charge in [-0.1, -0.05) is 29.8 Å². The number of H-pyrrole nitrogens is 2. The Morgan fingerprint density at radius 3 is 2.44 bits per heavy atom. The van der Waals surface area contributed by atoms with Crippen LogP contribution in [0.15, 0.2) is 47.3 Å². The van der Waals surface area contributed by atoms with Crippen molar-refractivity contribution in [3.8, 4) is 0 Å². The molecular weight excluding hydrogens is 430 g/mol. The number of aromatic amines is 2. The average molecular weight is 460 g/mol. The van der Waals surface area contributed by atoms with E-state index in [0.29, 0.717) is 28.6 Å². The number of anilines is 1. The van der Waals surface area contributed by atoms with E-state index in [2.05, 4.69) is 46.5 Å². The number of benzene rings is 2. The third-order valence-corrected chi connectivity index (χ3v) is 8.29. The molecule has 3 N–H and O–H groups in total. The lowest BCUT2D eigenvalue weighted by Crippen LogP contribution is -2.57. The summed E-state index contributed by atoms with van der Waals surface area (Å²) >= 11 is 0. The summed E-state index contributed by atoms with van der Waals surface area (Å²) < 4.78 is 5.64. The number of nitrogens with one attached hydrogen (secondary N) is 3. The maximum absolute atomic E-state index is 13.4. The second kappa shape index (κ2) is 7.58. The first-order valence-electron chi connectivity index (χ1n) is 12.1. The number of fused-ring (bicyclic) bond motifs is 1. The zero-order valence-electron chi connectivity index (χ0n) is 19.3. The summed E-state index contributed by atoms with van der Waals surface area (Å²) in [6.07, 6.45) is 6.04. The van der Waals surface area contributed by atoms with Gasteiger partial charge in [-0.15, -0.1) is 0 Å². The molecule has 4 aliphatic carbocycles. The molecule has 7 heteroatoms. The van der Waals surface area contributed by atoms with Crippen molar-refractivity contribution < 1.29 is 14.3 Å². The number of hydrogen-bond donors (Lipinski definition) is 3. The van der Waals surface area contributed by atoms with Crippen molar-refractivity contribution in [3.63, 3.8) is 0 Å². The van der Waals surface area contributed by atoms with E-state index in [1.165, 1.54) is 17.5 Å². The number of rotatable bonds is 5. The molecule has 0 saturated heterocycles. The molecule has 1 amide bonds. The van der Waals surface area contributed by atoms with E-state index in [9.17, 15) is 14.4 Å². The highest BCUT2D eigenvalue weighted by molar-refractivity contribution is 5.95. The van der Waals surface area contributed by atoms with E-state index < -0.39 is 5.41 Å². The lowest BCUT2D eigenvalue weighted by Gasteiger charge is -2.61. The van der Waals surface area contributed by atoms with Crippen molar-refractivity contribution in [1.29, 1.82) is 0 Å². The molecule has 1 heterocycles. The van der Waals surface area contributed by atoms with E-state index in [4.69, 9.17) is 4.74 Å². The summed E-state index contributed by atoms with van der Waals surface area (Å²) in [6.45, 7) is 1.79. The van der Waals surface area contributed by atoms with Crippen LogP contribution in [0.4, 0.5) is 5.69 Å². The maximum Gasteiger partial charge on any atom is 0.323 e. The summed E-state index contributed by atoms with van der Waals surface area (Å²) in [5, 5.41) is 2.76. The van der Waals surface area contributed by atoms with E-state index in [1.54, 1.807) is 18.2 Å². The third kappa shape index (κ3) is 3.54. The molecule has 4 fully saturated rings. The Labute approximate surface area is 197 Å². The molecule has 2 unspecified atom stereocenters. The lowest BCUT2D eigenvalue weighted by molar-refractivity contribution is -0.175. The highest BCUT2D eigenvalue weighted by Crippen LogP contribution is 2.66. The predicted molar refractivity (Wildman–Crippen MR) is 128 cm³/mol. The van der Waals surface area contributed by atoms with E-state index in [0.717, 1.165) is 32.1 Å². The molecule has 4 aliphatic rings. The summed E-state index contributed by atoms with van der Waals surface area (Å²) in [5.41, 5.74) is 3.66. The second-order valence-electron chi connectivity index (χ2n) is 10.9. The van der Waals surface area contributed by atoms with Gasteiger partial charge in [-0.25, -0.2) is 4.79 Å². The molecule has 4 atom stereocenters. The van der Waals surface area contributed by atoms with Gasteiger partial charge < -0.3 is 20.0 Å². The second-order valence-corrected chi connectivity index (χ2v) is 10.9. The Bertz CT molecular complexity index is 1320. The van der Waals surface area contributed by atoms with Crippen LogP contribution in [-0.2, 0) is 19.7 Å². The number of imidazole rings is 1. The monoisotopic (exact) mass is 459 g/mol. The summed E-state index contributed by atoms with van der Waals surface area (Å²) in [7, 11) is 0. The van der Waals surface area contributed by atoms with Crippen LogP contribution < -0.4 is 11.0 Å². The molecule has 1 aromatic heterocycles. The molecule has 34 heavy (non-hydrogen) atoms. The maximum atomic E-state index is 13.4. The molecule has 0 spiro atoms. The minimum absolute atomic E-state index is 0.0436. The number of carbonyl (C=O) groups is 2. The Kier molecular flexibility index (Phi) is 4.73. The molecular formula is C27H29N3O4. The highest BCUT2D eigenvalue weighted by atomic mass is 16.5. The summed E-state index contributed by atoms with van der Waals surface area (Å²) in [6, 6.07) is 13.9. The number of carbonyl (C=O) groups excluding carboxylic acids is 2. The van der Waals surface area contributed by atoms with E-state index in [1.807, 2.05) is 0 Å². The Balaban J connectivity index is 1.15. The number of amides is 1. The largest absolute Gasteiger partial charge is 0.455 e. The molecule has 176 valence electrons. The fraction of sp³-hybridized carbons (Fsp3) is 0.444. The van der Waals surface area contributed by atoms with Gasteiger partial charge in [-0.05, 0) is 86.5 Å². The van der Waals surface area contributed by atoms with Crippen molar-refractivity contribution in [1.82, 2.24) is 9.97 Å². The van der Waals surface area contributed by atoms with Crippen molar-refractivity contribution in [2.45, 2.75) is 50.9 Å². The van der Waals surface area contributed by atoms with E-state index in [-0.39, 0.29) is 29.6 Å². The van der Waals surface area contributed by atoms with Gasteiger partial charge in [0.05, 0.1) is 16.4 Å². The molecule has 0 radical (unpaired) electrons. The van der Waals surface area contributed by atoms with Crippen LogP contribution in [0.5, 0.6) is 0 Å².